The molecule has 1 heterocycles. The predicted octanol–water partition coefficient (Wildman–Crippen LogP) is 4.79. The van der Waals surface area contributed by atoms with Gasteiger partial charge in [0.15, 0.2) is 0 Å². The highest BCUT2D eigenvalue weighted by Gasteiger charge is 2.30. The van der Waals surface area contributed by atoms with Crippen molar-refractivity contribution in [1.29, 1.82) is 0 Å². The van der Waals surface area contributed by atoms with Crippen LogP contribution in [0, 0.1) is 22.0 Å². The summed E-state index contributed by atoms with van der Waals surface area (Å²) in [4.78, 5) is 28.1. The Balaban J connectivity index is 2.34. The Kier molecular flexibility index (Phi) is 7.13. The number of aliphatic imine (C=N–C) groups is 1. The van der Waals surface area contributed by atoms with Crippen LogP contribution in [0.5, 0.6) is 0 Å². The van der Waals surface area contributed by atoms with E-state index >= 15 is 0 Å². The molecule has 2 atom stereocenters. The first-order chi connectivity index (χ1) is 12.8. The molecule has 0 N–H and O–H groups in total. The van der Waals surface area contributed by atoms with Crippen molar-refractivity contribution in [1.82, 2.24) is 0 Å². The maximum absolute atomic E-state index is 12.6. The van der Waals surface area contributed by atoms with Crippen molar-refractivity contribution in [3.8, 4) is 0 Å². The lowest BCUT2D eigenvalue weighted by Crippen LogP contribution is -2.21. The van der Waals surface area contributed by atoms with E-state index < -0.39 is 4.92 Å². The molecule has 0 spiro atoms. The summed E-state index contributed by atoms with van der Waals surface area (Å²) >= 11 is 6.02. The van der Waals surface area contributed by atoms with Gasteiger partial charge in [-0.05, 0) is 45.7 Å². The Morgan fingerprint density at radius 1 is 1.41 bits per heavy atom. The van der Waals surface area contributed by atoms with E-state index in [9.17, 15) is 14.9 Å². The summed E-state index contributed by atoms with van der Waals surface area (Å²) in [5, 5.41) is 11.7. The SMILES string of the molecule is CCOC(=O)C1=C(C)C(C)C(C)=NCC1CCc1cc(Cl)ccc1[N+](=O)[O-]. The number of carbonyl (C=O) groups excluding carboxylic acids is 1. The summed E-state index contributed by atoms with van der Waals surface area (Å²) in [7, 11) is 0. The highest BCUT2D eigenvalue weighted by Crippen LogP contribution is 2.32. The van der Waals surface area contributed by atoms with Crippen LogP contribution in [0.2, 0.25) is 5.02 Å². The molecule has 146 valence electrons. The summed E-state index contributed by atoms with van der Waals surface area (Å²) in [5.74, 6) is -0.408. The van der Waals surface area contributed by atoms with Crippen LogP contribution in [0.15, 0.2) is 34.3 Å². The number of aryl methyl sites for hydroxylation is 1. The van der Waals surface area contributed by atoms with E-state index in [4.69, 9.17) is 16.3 Å². The van der Waals surface area contributed by atoms with Crippen molar-refractivity contribution in [2.24, 2.45) is 16.8 Å². The maximum Gasteiger partial charge on any atom is 0.334 e. The lowest BCUT2D eigenvalue weighted by atomic mass is 9.85. The molecule has 0 bridgehead atoms. The summed E-state index contributed by atoms with van der Waals surface area (Å²) < 4.78 is 5.28. The number of ether oxygens (including phenoxy) is 1. The molecule has 2 unspecified atom stereocenters. The third kappa shape index (κ3) is 4.95. The van der Waals surface area contributed by atoms with Crippen LogP contribution in [-0.2, 0) is 16.0 Å². The second-order valence-corrected chi connectivity index (χ2v) is 7.22. The van der Waals surface area contributed by atoms with Crippen LogP contribution < -0.4 is 0 Å². The minimum absolute atomic E-state index is 0.0412. The Morgan fingerprint density at radius 3 is 2.74 bits per heavy atom. The molecule has 1 aromatic rings. The van der Waals surface area contributed by atoms with Gasteiger partial charge in [0.05, 0.1) is 11.5 Å². The van der Waals surface area contributed by atoms with E-state index in [1.807, 2.05) is 20.8 Å². The first kappa shape index (κ1) is 21.1. The van der Waals surface area contributed by atoms with Gasteiger partial charge in [-0.3, -0.25) is 15.1 Å². The van der Waals surface area contributed by atoms with Gasteiger partial charge in [0.1, 0.15) is 0 Å². The molecular formula is C20H25ClN2O4. The summed E-state index contributed by atoms with van der Waals surface area (Å²) in [5.41, 5.74) is 3.18. The molecule has 0 saturated carbocycles. The number of esters is 1. The lowest BCUT2D eigenvalue weighted by Gasteiger charge is -2.20. The van der Waals surface area contributed by atoms with Crippen molar-refractivity contribution in [2.45, 2.75) is 40.5 Å². The normalized spacial score (nSPS) is 20.1. The Labute approximate surface area is 164 Å². The van der Waals surface area contributed by atoms with Crippen molar-refractivity contribution < 1.29 is 14.5 Å². The standard InChI is InChI=1S/C20H25ClN2O4/c1-5-27-20(24)19-13(3)12(2)14(4)22-11-16(19)7-6-15-10-17(21)8-9-18(15)23(25)26/h8-10,12,16H,5-7,11H2,1-4H3. The number of nitro groups is 1. The first-order valence-corrected chi connectivity index (χ1v) is 9.45. The number of nitro benzene ring substituents is 1. The monoisotopic (exact) mass is 392 g/mol. The molecule has 0 fully saturated rings. The minimum Gasteiger partial charge on any atom is -0.463 e. The Bertz CT molecular complexity index is 801. The third-order valence-corrected chi connectivity index (χ3v) is 5.40. The number of hydrogen-bond acceptors (Lipinski definition) is 5. The molecule has 0 radical (unpaired) electrons. The predicted molar refractivity (Wildman–Crippen MR) is 106 cm³/mol. The van der Waals surface area contributed by atoms with Crippen LogP contribution in [-0.4, -0.2) is 29.8 Å². The van der Waals surface area contributed by atoms with Crippen molar-refractivity contribution >= 4 is 29.0 Å². The zero-order valence-corrected chi connectivity index (χ0v) is 16.9. The highest BCUT2D eigenvalue weighted by atomic mass is 35.5. The number of benzene rings is 1. The number of nitrogens with zero attached hydrogens (tertiary/aromatic N) is 2. The zero-order chi connectivity index (χ0) is 20.1. The average Bonchev–Trinajstić information content (AvgIpc) is 2.71. The second kappa shape index (κ2) is 9.13. The van der Waals surface area contributed by atoms with Crippen molar-refractivity contribution in [3.05, 3.63) is 50.0 Å². The van der Waals surface area contributed by atoms with Crippen LogP contribution in [0.3, 0.4) is 0 Å². The molecule has 0 amide bonds. The molecule has 6 nitrogen and oxygen atoms in total. The van der Waals surface area contributed by atoms with Crippen LogP contribution in [0.4, 0.5) is 5.69 Å². The smallest absolute Gasteiger partial charge is 0.334 e. The zero-order valence-electron chi connectivity index (χ0n) is 16.1. The van der Waals surface area contributed by atoms with Crippen molar-refractivity contribution in [2.75, 3.05) is 13.2 Å². The van der Waals surface area contributed by atoms with E-state index in [1.165, 1.54) is 12.1 Å². The van der Waals surface area contributed by atoms with E-state index in [0.717, 1.165) is 11.3 Å². The summed E-state index contributed by atoms with van der Waals surface area (Å²) in [6.45, 7) is 8.47. The topological polar surface area (TPSA) is 81.8 Å². The number of halogens is 1. The quantitative estimate of drug-likeness (QED) is 0.396. The van der Waals surface area contributed by atoms with E-state index in [-0.39, 0.29) is 23.5 Å². The van der Waals surface area contributed by atoms with E-state index in [0.29, 0.717) is 42.2 Å². The molecular weight excluding hydrogens is 368 g/mol. The van der Waals surface area contributed by atoms with Gasteiger partial charge in [0.25, 0.3) is 5.69 Å². The van der Waals surface area contributed by atoms with Gasteiger partial charge in [-0.15, -0.1) is 0 Å². The third-order valence-electron chi connectivity index (χ3n) is 5.17. The fraction of sp³-hybridized carbons (Fsp3) is 0.500. The van der Waals surface area contributed by atoms with Gasteiger partial charge in [-0.25, -0.2) is 4.79 Å². The van der Waals surface area contributed by atoms with Gasteiger partial charge < -0.3 is 4.74 Å². The summed E-state index contributed by atoms with van der Waals surface area (Å²) in [6.07, 6.45) is 0.983. The number of rotatable bonds is 6. The van der Waals surface area contributed by atoms with Crippen LogP contribution >= 0.6 is 11.6 Å². The molecule has 0 aliphatic carbocycles. The van der Waals surface area contributed by atoms with Crippen molar-refractivity contribution in [3.63, 3.8) is 0 Å². The molecule has 0 aromatic heterocycles. The number of hydrogen-bond donors (Lipinski definition) is 0. The highest BCUT2D eigenvalue weighted by molar-refractivity contribution is 6.30. The molecule has 1 aliphatic heterocycles. The average molecular weight is 393 g/mol. The molecule has 7 heteroatoms. The fourth-order valence-electron chi connectivity index (χ4n) is 3.39. The molecule has 2 rings (SSSR count). The summed E-state index contributed by atoms with van der Waals surface area (Å²) in [6, 6.07) is 4.55. The molecule has 27 heavy (non-hydrogen) atoms. The van der Waals surface area contributed by atoms with E-state index in [2.05, 4.69) is 4.99 Å². The first-order valence-electron chi connectivity index (χ1n) is 9.07. The fourth-order valence-corrected chi connectivity index (χ4v) is 3.58. The van der Waals surface area contributed by atoms with Crippen LogP contribution in [0.1, 0.15) is 39.7 Å². The largest absolute Gasteiger partial charge is 0.463 e. The number of allylic oxidation sites excluding steroid dienone is 1. The second-order valence-electron chi connectivity index (χ2n) is 6.79. The Morgan fingerprint density at radius 2 is 2.11 bits per heavy atom. The van der Waals surface area contributed by atoms with Gasteiger partial charge in [-0.2, -0.15) is 0 Å². The minimum atomic E-state index is -0.406. The molecule has 1 aromatic carbocycles. The lowest BCUT2D eigenvalue weighted by molar-refractivity contribution is -0.385. The van der Waals surface area contributed by atoms with Gasteiger partial charge in [0.2, 0.25) is 0 Å². The Hall–Kier alpha value is -2.21. The molecule has 0 saturated heterocycles. The van der Waals surface area contributed by atoms with Crippen LogP contribution in [0.25, 0.3) is 0 Å². The maximum atomic E-state index is 12.6. The van der Waals surface area contributed by atoms with E-state index in [1.54, 1.807) is 13.0 Å². The van der Waals surface area contributed by atoms with Gasteiger partial charge >= 0.3 is 5.97 Å². The molecule has 1 aliphatic rings. The van der Waals surface area contributed by atoms with Gasteiger partial charge in [0, 0.05) is 46.3 Å². The van der Waals surface area contributed by atoms with Gasteiger partial charge in [-0.1, -0.05) is 24.1 Å². The number of carbonyl (C=O) groups is 1.